The van der Waals surface area contributed by atoms with Gasteiger partial charge >= 0.3 is 0 Å². The molecule has 0 atom stereocenters. The lowest BCUT2D eigenvalue weighted by molar-refractivity contribution is -0.112. The highest BCUT2D eigenvalue weighted by Crippen LogP contribution is 2.01. The summed E-state index contributed by atoms with van der Waals surface area (Å²) in [4.78, 5) is 12.1. The van der Waals surface area contributed by atoms with Crippen LogP contribution in [-0.4, -0.2) is 12.5 Å². The second kappa shape index (κ2) is 6.76. The Hall–Kier alpha value is -2.29. The summed E-state index contributed by atoms with van der Waals surface area (Å²) in [7, 11) is 0. The zero-order chi connectivity index (χ0) is 14.4. The predicted octanol–water partition coefficient (Wildman–Crippen LogP) is 1.73. The lowest BCUT2D eigenvalue weighted by atomic mass is 9.38. The van der Waals surface area contributed by atoms with Crippen LogP contribution in [0.1, 0.15) is 6.92 Å². The molecule has 100 valence electrons. The summed E-state index contributed by atoms with van der Waals surface area (Å²) in [5.74, 6) is 0.0581. The zero-order valence-corrected chi connectivity index (χ0v) is 11.6. The largest absolute Gasteiger partial charge is 0.402 e. The van der Waals surface area contributed by atoms with Crippen LogP contribution in [0.3, 0.4) is 0 Å². The van der Waals surface area contributed by atoms with Gasteiger partial charge in [0, 0.05) is 5.70 Å². The molecule has 0 aliphatic heterocycles. The normalized spacial score (nSPS) is 11.2. The molecule has 0 aromatic heterocycles. The van der Waals surface area contributed by atoms with E-state index in [1.165, 1.54) is 6.08 Å². The highest BCUT2D eigenvalue weighted by molar-refractivity contribution is 6.87. The van der Waals surface area contributed by atoms with Crippen LogP contribution in [0.25, 0.3) is 0 Å². The van der Waals surface area contributed by atoms with E-state index in [0.717, 1.165) is 10.9 Å². The van der Waals surface area contributed by atoms with Gasteiger partial charge in [-0.15, -0.1) is 0 Å². The van der Waals surface area contributed by atoms with Gasteiger partial charge in [-0.05, 0) is 19.3 Å². The summed E-state index contributed by atoms with van der Waals surface area (Å²) >= 11 is 0. The molecule has 0 radical (unpaired) electrons. The molecule has 2 aromatic carbocycles. The number of allylic oxidation sites excluding steroid dienone is 2. The molecule has 0 heterocycles. The van der Waals surface area contributed by atoms with Gasteiger partial charge in [-0.25, -0.2) is 0 Å². The van der Waals surface area contributed by atoms with Crippen molar-refractivity contribution >= 4 is 23.4 Å². The Balaban J connectivity index is 2.31. The Morgan fingerprint density at radius 2 is 1.45 bits per heavy atom. The first-order valence-corrected chi connectivity index (χ1v) is 6.73. The zero-order valence-electron chi connectivity index (χ0n) is 11.6. The SMILES string of the molecule is C/C(N)=C/C(=O)CB(c1ccccc1)c1ccccc1. The van der Waals surface area contributed by atoms with Crippen molar-refractivity contribution in [2.45, 2.75) is 13.2 Å². The maximum atomic E-state index is 12.1. The molecule has 0 aliphatic rings. The highest BCUT2D eigenvalue weighted by atomic mass is 16.1. The van der Waals surface area contributed by atoms with Gasteiger partial charge < -0.3 is 5.73 Å². The molecule has 2 nitrogen and oxygen atoms in total. The van der Waals surface area contributed by atoms with E-state index in [4.69, 9.17) is 5.73 Å². The molecule has 2 N–H and O–H groups in total. The first kappa shape index (κ1) is 14.1. The molecular formula is C17H18BNO. The van der Waals surface area contributed by atoms with Gasteiger partial charge in [0.15, 0.2) is 5.78 Å². The molecule has 0 amide bonds. The van der Waals surface area contributed by atoms with E-state index in [0.29, 0.717) is 12.0 Å². The Morgan fingerprint density at radius 3 is 1.85 bits per heavy atom. The molecule has 0 bridgehead atoms. The summed E-state index contributed by atoms with van der Waals surface area (Å²) in [5, 5.41) is 0. The van der Waals surface area contributed by atoms with Crippen molar-refractivity contribution in [1.82, 2.24) is 0 Å². The van der Waals surface area contributed by atoms with Gasteiger partial charge in [-0.3, -0.25) is 4.79 Å². The van der Waals surface area contributed by atoms with Crippen LogP contribution in [0.5, 0.6) is 0 Å². The maximum absolute atomic E-state index is 12.1. The van der Waals surface area contributed by atoms with Crippen LogP contribution < -0.4 is 16.7 Å². The minimum Gasteiger partial charge on any atom is -0.402 e. The lowest BCUT2D eigenvalue weighted by Crippen LogP contribution is -2.43. The van der Waals surface area contributed by atoms with Gasteiger partial charge in [0.25, 0.3) is 0 Å². The monoisotopic (exact) mass is 263 g/mol. The topological polar surface area (TPSA) is 43.1 Å². The van der Waals surface area contributed by atoms with E-state index in [2.05, 4.69) is 24.3 Å². The molecule has 0 aliphatic carbocycles. The molecule has 0 fully saturated rings. The van der Waals surface area contributed by atoms with Gasteiger partial charge in [0.05, 0.1) is 0 Å². The molecule has 0 spiro atoms. The fraction of sp³-hybridized carbons (Fsp3) is 0.118. The highest BCUT2D eigenvalue weighted by Gasteiger charge is 2.21. The van der Waals surface area contributed by atoms with E-state index in [9.17, 15) is 4.79 Å². The fourth-order valence-corrected chi connectivity index (χ4v) is 2.31. The third-order valence-electron chi connectivity index (χ3n) is 3.20. The van der Waals surface area contributed by atoms with E-state index in [1.807, 2.05) is 36.4 Å². The van der Waals surface area contributed by atoms with Crippen LogP contribution in [0.4, 0.5) is 0 Å². The van der Waals surface area contributed by atoms with E-state index < -0.39 is 0 Å². The van der Waals surface area contributed by atoms with Crippen LogP contribution >= 0.6 is 0 Å². The summed E-state index contributed by atoms with van der Waals surface area (Å²) in [6.07, 6.45) is 1.95. The van der Waals surface area contributed by atoms with E-state index in [1.54, 1.807) is 6.92 Å². The molecule has 0 unspecified atom stereocenters. The van der Waals surface area contributed by atoms with Gasteiger partial charge in [-0.2, -0.15) is 0 Å². The van der Waals surface area contributed by atoms with Crippen molar-refractivity contribution in [2.24, 2.45) is 5.73 Å². The smallest absolute Gasteiger partial charge is 0.216 e. The number of benzene rings is 2. The second-order valence-corrected chi connectivity index (χ2v) is 4.93. The molecule has 0 saturated carbocycles. The third-order valence-corrected chi connectivity index (χ3v) is 3.20. The summed E-state index contributed by atoms with van der Waals surface area (Å²) < 4.78 is 0. The molecule has 20 heavy (non-hydrogen) atoms. The predicted molar refractivity (Wildman–Crippen MR) is 85.7 cm³/mol. The van der Waals surface area contributed by atoms with Crippen molar-refractivity contribution < 1.29 is 4.79 Å². The summed E-state index contributed by atoms with van der Waals surface area (Å²) in [6, 6.07) is 20.2. The van der Waals surface area contributed by atoms with Crippen molar-refractivity contribution in [3.63, 3.8) is 0 Å². The van der Waals surface area contributed by atoms with Crippen LogP contribution in [0, 0.1) is 0 Å². The molecular weight excluding hydrogens is 245 g/mol. The number of hydrogen-bond acceptors (Lipinski definition) is 2. The van der Waals surface area contributed by atoms with Crippen molar-refractivity contribution in [3.05, 3.63) is 72.4 Å². The van der Waals surface area contributed by atoms with Crippen LogP contribution in [-0.2, 0) is 4.79 Å². The van der Waals surface area contributed by atoms with Gasteiger partial charge in [0.2, 0.25) is 6.71 Å². The van der Waals surface area contributed by atoms with Crippen molar-refractivity contribution in [1.29, 1.82) is 0 Å². The molecule has 2 aromatic rings. The molecule has 2 rings (SSSR count). The second-order valence-electron chi connectivity index (χ2n) is 4.93. The Kier molecular flexibility index (Phi) is 4.77. The van der Waals surface area contributed by atoms with Crippen molar-refractivity contribution in [3.8, 4) is 0 Å². The number of nitrogens with two attached hydrogens (primary N) is 1. The molecule has 0 saturated heterocycles. The van der Waals surface area contributed by atoms with E-state index in [-0.39, 0.29) is 12.5 Å². The van der Waals surface area contributed by atoms with Crippen LogP contribution in [0.15, 0.2) is 72.4 Å². The minimum absolute atomic E-state index is 0.0581. The van der Waals surface area contributed by atoms with E-state index >= 15 is 0 Å². The number of ketones is 1. The first-order valence-electron chi connectivity index (χ1n) is 6.73. The third kappa shape index (κ3) is 3.85. The minimum atomic E-state index is 0.0581. The number of rotatable bonds is 5. The Labute approximate surface area is 120 Å². The lowest BCUT2D eigenvalue weighted by Gasteiger charge is -2.13. The number of carbonyl (C=O) groups excluding carboxylic acids is 1. The number of hydrogen-bond donors (Lipinski definition) is 1. The first-order chi connectivity index (χ1) is 9.66. The summed E-state index contributed by atoms with van der Waals surface area (Å²) in [6.45, 7) is 1.80. The summed E-state index contributed by atoms with van der Waals surface area (Å²) in [5.41, 5.74) is 8.43. The Bertz CT molecular complexity index is 549. The van der Waals surface area contributed by atoms with Gasteiger partial charge in [0.1, 0.15) is 0 Å². The molecule has 3 heteroatoms. The van der Waals surface area contributed by atoms with Gasteiger partial charge in [-0.1, -0.05) is 71.6 Å². The average Bonchev–Trinajstić information content (AvgIpc) is 2.46. The van der Waals surface area contributed by atoms with Crippen LogP contribution in [0.2, 0.25) is 6.32 Å². The average molecular weight is 263 g/mol. The maximum Gasteiger partial charge on any atom is 0.216 e. The fourth-order valence-electron chi connectivity index (χ4n) is 2.31. The standard InChI is InChI=1S/C17H18BNO/c1-14(19)12-17(20)13-18(15-8-4-2-5-9-15)16-10-6-3-7-11-16/h2-12H,13,19H2,1H3/b14-12-. The quantitative estimate of drug-likeness (QED) is 0.659. The Morgan fingerprint density at radius 1 is 1.00 bits per heavy atom. The number of carbonyl (C=O) groups is 1. The van der Waals surface area contributed by atoms with Crippen molar-refractivity contribution in [2.75, 3.05) is 0 Å².